The predicted molar refractivity (Wildman–Crippen MR) is 209 cm³/mol. The highest BCUT2D eigenvalue weighted by Gasteiger charge is 2.31. The predicted octanol–water partition coefficient (Wildman–Crippen LogP) is 15.1. The third-order valence-corrected chi connectivity index (χ3v) is 11.0. The largest absolute Gasteiger partial charge is 0.481 e. The van der Waals surface area contributed by atoms with Gasteiger partial charge in [0.25, 0.3) is 0 Å². The van der Waals surface area contributed by atoms with E-state index in [2.05, 4.69) is 20.8 Å². The number of carbonyl (C=O) groups is 2. The van der Waals surface area contributed by atoms with Crippen LogP contribution in [0.25, 0.3) is 0 Å². The first-order valence-corrected chi connectivity index (χ1v) is 21.9. The Bertz CT molecular complexity index is 677. The molecular weight excluding hydrogens is 592 g/mol. The standard InChI is InChI=1S/C44H86O4/c1-4-7-10-13-16-19-22-23-25-27-30-33-36-40(42(44(47)48)38-35-32-29-26-21-18-15-12-9-6-3)39-41(43(45)46)37-34-31-28-24-20-17-14-11-8-5-2/h40-42H,4-39H2,1-3H3,(H,45,46)(H,47,48). The number of hydrogen-bond donors (Lipinski definition) is 2. The van der Waals surface area contributed by atoms with Gasteiger partial charge in [-0.1, -0.05) is 226 Å². The van der Waals surface area contributed by atoms with Crippen LogP contribution in [0, 0.1) is 17.8 Å². The van der Waals surface area contributed by atoms with Crippen molar-refractivity contribution >= 4 is 11.9 Å². The van der Waals surface area contributed by atoms with Crippen molar-refractivity contribution in [2.75, 3.05) is 0 Å². The van der Waals surface area contributed by atoms with Gasteiger partial charge in [-0.05, 0) is 31.6 Å². The molecule has 0 aromatic heterocycles. The average Bonchev–Trinajstić information content (AvgIpc) is 3.07. The summed E-state index contributed by atoms with van der Waals surface area (Å²) in [7, 11) is 0. The van der Waals surface area contributed by atoms with Crippen LogP contribution >= 0.6 is 0 Å². The molecular formula is C44H86O4. The Kier molecular flexibility index (Phi) is 36.4. The van der Waals surface area contributed by atoms with Crippen molar-refractivity contribution in [2.24, 2.45) is 17.8 Å². The molecule has 4 heteroatoms. The van der Waals surface area contributed by atoms with Crippen LogP contribution in [0.3, 0.4) is 0 Å². The Balaban J connectivity index is 4.77. The number of rotatable bonds is 40. The molecule has 0 saturated carbocycles. The summed E-state index contributed by atoms with van der Waals surface area (Å²) in [5.74, 6) is -2.24. The zero-order chi connectivity index (χ0) is 35.3. The van der Waals surface area contributed by atoms with Crippen molar-refractivity contribution in [3.63, 3.8) is 0 Å². The second-order valence-corrected chi connectivity index (χ2v) is 15.6. The Morgan fingerprint density at radius 2 is 0.625 bits per heavy atom. The van der Waals surface area contributed by atoms with E-state index in [1.54, 1.807) is 0 Å². The molecule has 0 amide bonds. The fourth-order valence-corrected chi connectivity index (χ4v) is 7.73. The molecule has 0 rings (SSSR count). The second-order valence-electron chi connectivity index (χ2n) is 15.6. The van der Waals surface area contributed by atoms with E-state index < -0.39 is 23.8 Å². The number of unbranched alkanes of at least 4 members (excludes halogenated alkanes) is 29. The SMILES string of the molecule is CCCCCCCCCCCCCCC(CC(CCCCCCCCCCCC)C(=O)O)C(CCCCCCCCCCCC)C(=O)O. The first-order chi connectivity index (χ1) is 23.5. The van der Waals surface area contributed by atoms with Crippen molar-refractivity contribution < 1.29 is 19.8 Å². The van der Waals surface area contributed by atoms with Crippen molar-refractivity contribution in [1.82, 2.24) is 0 Å². The van der Waals surface area contributed by atoms with Crippen LogP contribution in [-0.2, 0) is 9.59 Å². The highest BCUT2D eigenvalue weighted by atomic mass is 16.4. The zero-order valence-corrected chi connectivity index (χ0v) is 32.9. The van der Waals surface area contributed by atoms with E-state index in [1.807, 2.05) is 0 Å². The van der Waals surface area contributed by atoms with Crippen molar-refractivity contribution in [3.8, 4) is 0 Å². The van der Waals surface area contributed by atoms with Gasteiger partial charge in [0, 0.05) is 0 Å². The molecule has 0 aliphatic heterocycles. The Morgan fingerprint density at radius 1 is 0.354 bits per heavy atom. The molecule has 0 bridgehead atoms. The molecule has 0 aliphatic carbocycles. The lowest BCUT2D eigenvalue weighted by molar-refractivity contribution is -0.147. The van der Waals surface area contributed by atoms with Crippen LogP contribution < -0.4 is 0 Å². The maximum Gasteiger partial charge on any atom is 0.306 e. The molecule has 0 aliphatic rings. The van der Waals surface area contributed by atoms with Crippen LogP contribution in [0.2, 0.25) is 0 Å². The maximum atomic E-state index is 12.6. The zero-order valence-electron chi connectivity index (χ0n) is 32.9. The lowest BCUT2D eigenvalue weighted by atomic mass is 9.77. The summed E-state index contributed by atoms with van der Waals surface area (Å²) >= 11 is 0. The quantitative estimate of drug-likeness (QED) is 0.0633. The van der Waals surface area contributed by atoms with E-state index in [4.69, 9.17) is 0 Å². The van der Waals surface area contributed by atoms with E-state index in [-0.39, 0.29) is 5.92 Å². The lowest BCUT2D eigenvalue weighted by Gasteiger charge is -2.27. The van der Waals surface area contributed by atoms with Gasteiger partial charge in [-0.15, -0.1) is 0 Å². The summed E-state index contributed by atoms with van der Waals surface area (Å²) in [6, 6.07) is 0. The monoisotopic (exact) mass is 679 g/mol. The summed E-state index contributed by atoms with van der Waals surface area (Å²) in [6.45, 7) is 6.79. The molecule has 0 heterocycles. The van der Waals surface area contributed by atoms with Gasteiger partial charge in [0.2, 0.25) is 0 Å². The third-order valence-electron chi connectivity index (χ3n) is 11.0. The van der Waals surface area contributed by atoms with Crippen LogP contribution in [0.4, 0.5) is 0 Å². The molecule has 286 valence electrons. The molecule has 3 atom stereocenters. The van der Waals surface area contributed by atoms with Gasteiger partial charge in [-0.2, -0.15) is 0 Å². The second kappa shape index (κ2) is 37.2. The molecule has 0 aromatic carbocycles. The molecule has 4 nitrogen and oxygen atoms in total. The summed E-state index contributed by atoms with van der Waals surface area (Å²) < 4.78 is 0. The average molecular weight is 679 g/mol. The molecule has 48 heavy (non-hydrogen) atoms. The van der Waals surface area contributed by atoms with Crippen LogP contribution in [0.15, 0.2) is 0 Å². The number of hydrogen-bond acceptors (Lipinski definition) is 2. The number of carboxylic acid groups (broad SMARTS) is 2. The van der Waals surface area contributed by atoms with Crippen LogP contribution in [0.1, 0.15) is 252 Å². The number of carboxylic acids is 2. The topological polar surface area (TPSA) is 74.6 Å². The first-order valence-electron chi connectivity index (χ1n) is 21.9. The van der Waals surface area contributed by atoms with Crippen LogP contribution in [-0.4, -0.2) is 22.2 Å². The molecule has 0 saturated heterocycles. The first kappa shape index (κ1) is 46.9. The highest BCUT2D eigenvalue weighted by molar-refractivity contribution is 5.71. The molecule has 0 aromatic rings. The molecule has 0 spiro atoms. The van der Waals surface area contributed by atoms with Gasteiger partial charge in [0.1, 0.15) is 0 Å². The van der Waals surface area contributed by atoms with E-state index in [0.29, 0.717) is 19.3 Å². The number of aliphatic carboxylic acids is 2. The van der Waals surface area contributed by atoms with Crippen molar-refractivity contribution in [2.45, 2.75) is 252 Å². The normalized spacial score (nSPS) is 13.5. The minimum absolute atomic E-state index is 0.0200. The molecule has 0 radical (unpaired) electrons. The van der Waals surface area contributed by atoms with Crippen molar-refractivity contribution in [3.05, 3.63) is 0 Å². The summed E-state index contributed by atoms with van der Waals surface area (Å²) in [4.78, 5) is 25.0. The molecule has 3 unspecified atom stereocenters. The van der Waals surface area contributed by atoms with Gasteiger partial charge in [-0.3, -0.25) is 9.59 Å². The smallest absolute Gasteiger partial charge is 0.306 e. The van der Waals surface area contributed by atoms with E-state index >= 15 is 0 Å². The van der Waals surface area contributed by atoms with Gasteiger partial charge < -0.3 is 10.2 Å². The Labute approximate surface area is 300 Å². The Morgan fingerprint density at radius 3 is 0.917 bits per heavy atom. The summed E-state index contributed by atoms with van der Waals surface area (Å²) in [5.41, 5.74) is 0. The summed E-state index contributed by atoms with van der Waals surface area (Å²) in [6.07, 6.45) is 43.3. The summed E-state index contributed by atoms with van der Waals surface area (Å²) in [5, 5.41) is 20.5. The maximum absolute atomic E-state index is 12.6. The van der Waals surface area contributed by atoms with Crippen molar-refractivity contribution in [1.29, 1.82) is 0 Å². The molecule has 0 fully saturated rings. The van der Waals surface area contributed by atoms with Gasteiger partial charge in [0.05, 0.1) is 11.8 Å². The van der Waals surface area contributed by atoms with Gasteiger partial charge in [0.15, 0.2) is 0 Å². The van der Waals surface area contributed by atoms with E-state index in [9.17, 15) is 19.8 Å². The lowest BCUT2D eigenvalue weighted by Crippen LogP contribution is -2.28. The Hall–Kier alpha value is -1.06. The van der Waals surface area contributed by atoms with E-state index in [0.717, 1.165) is 44.9 Å². The molecule has 2 N–H and O–H groups in total. The van der Waals surface area contributed by atoms with Gasteiger partial charge >= 0.3 is 11.9 Å². The highest BCUT2D eigenvalue weighted by Crippen LogP contribution is 2.33. The van der Waals surface area contributed by atoms with Crippen LogP contribution in [0.5, 0.6) is 0 Å². The minimum atomic E-state index is -0.714. The van der Waals surface area contributed by atoms with Gasteiger partial charge in [-0.25, -0.2) is 0 Å². The minimum Gasteiger partial charge on any atom is -0.481 e. The fraction of sp³-hybridized carbons (Fsp3) is 0.955. The fourth-order valence-electron chi connectivity index (χ4n) is 7.73. The van der Waals surface area contributed by atoms with E-state index in [1.165, 1.54) is 167 Å². The third kappa shape index (κ3) is 31.0.